The maximum absolute atomic E-state index is 12.7. The molecule has 0 saturated carbocycles. The molecule has 5 aromatic heterocycles. The van der Waals surface area contributed by atoms with Gasteiger partial charge in [-0.2, -0.15) is 0 Å². The average molecular weight is 2360 g/mol. The number of nitrogens with one attached hydrogen (secondary N) is 3. The number of pyridine rings is 5. The van der Waals surface area contributed by atoms with E-state index in [9.17, 15) is 53.4 Å². The number of aromatic carboxylic acids is 2. The fourth-order valence-electron chi connectivity index (χ4n) is 14.4. The number of anilines is 3. The van der Waals surface area contributed by atoms with E-state index in [1.807, 2.05) is 25.7 Å². The number of amides is 4. The van der Waals surface area contributed by atoms with Gasteiger partial charge in [0.05, 0.1) is 54.7 Å². The number of aliphatic hydroxyl groups excluding tert-OH is 2. The Morgan fingerprint density at radius 3 is 1.04 bits per heavy atom. The van der Waals surface area contributed by atoms with Gasteiger partial charge in [-0.05, 0) is 223 Å². The number of fused-ring (bicyclic) bond motifs is 2. The molecule has 12 N–H and O–H groups in total. The Morgan fingerprint density at radius 2 is 0.732 bits per heavy atom. The van der Waals surface area contributed by atoms with Crippen LogP contribution in [0, 0.1) is 11.8 Å². The maximum Gasteiger partial charge on any atom is 0.335 e. The fraction of sp³-hybridized carbons (Fsp3) is 0.495. The summed E-state index contributed by atoms with van der Waals surface area (Å²) >= 11 is 13.6. The van der Waals surface area contributed by atoms with E-state index in [2.05, 4.69) is 192 Å². The molecular formula is C91H131Br2ClI4N14O15. The van der Waals surface area contributed by atoms with Crippen molar-refractivity contribution in [3.8, 4) is 0 Å². The van der Waals surface area contributed by atoms with Crippen LogP contribution in [0.5, 0.6) is 0 Å². The molecule has 2 aliphatic carbocycles. The van der Waals surface area contributed by atoms with E-state index in [4.69, 9.17) is 15.9 Å². The van der Waals surface area contributed by atoms with Gasteiger partial charge in [-0.25, -0.2) is 44.1 Å². The van der Waals surface area contributed by atoms with Crippen LogP contribution in [-0.2, 0) is 54.3 Å². The Hall–Kier alpha value is -6.97. The molecule has 127 heavy (non-hydrogen) atoms. The molecule has 0 spiro atoms. The number of quaternary nitrogens is 1. The first kappa shape index (κ1) is 118. The molecule has 704 valence electrons. The van der Waals surface area contributed by atoms with Gasteiger partial charge < -0.3 is 89.3 Å². The average Bonchev–Trinajstić information content (AvgIpc) is 1.74. The summed E-state index contributed by atoms with van der Waals surface area (Å²) in [5, 5.41) is 47.2. The maximum atomic E-state index is 12.7. The fourth-order valence-corrected chi connectivity index (χ4v) is 15.2. The summed E-state index contributed by atoms with van der Waals surface area (Å²) in [6.07, 6.45) is 23.3. The summed E-state index contributed by atoms with van der Waals surface area (Å²) in [5.41, 5.74) is 17.3. The van der Waals surface area contributed by atoms with Gasteiger partial charge in [0, 0.05) is 161 Å². The summed E-state index contributed by atoms with van der Waals surface area (Å²) in [6.45, 7) is 13.1. The number of carboxylic acid groups (broad SMARTS) is 2. The van der Waals surface area contributed by atoms with Gasteiger partial charge >= 0.3 is 87.6 Å². The number of ether oxygens (including phenoxy) is 2. The van der Waals surface area contributed by atoms with Gasteiger partial charge in [-0.15, -0.1) is 0 Å². The van der Waals surface area contributed by atoms with Crippen molar-refractivity contribution in [3.63, 3.8) is 0 Å². The largest absolute Gasteiger partial charge is 1.00 e. The van der Waals surface area contributed by atoms with E-state index in [1.54, 1.807) is 70.4 Å². The van der Waals surface area contributed by atoms with Crippen molar-refractivity contribution in [2.45, 2.75) is 209 Å². The minimum atomic E-state index is -0.961. The van der Waals surface area contributed by atoms with Crippen LogP contribution in [0.25, 0.3) is 0 Å². The monoisotopic (exact) mass is 2360 g/mol. The van der Waals surface area contributed by atoms with Crippen molar-refractivity contribution in [1.82, 2.24) is 44.5 Å². The Bertz CT molecular complexity index is 4440. The first-order valence-corrected chi connectivity index (χ1v) is 61.1. The van der Waals surface area contributed by atoms with Crippen molar-refractivity contribution in [3.05, 3.63) is 199 Å². The summed E-state index contributed by atoms with van der Waals surface area (Å²) in [5.74, 6) is 1.20. The number of hydrogen-bond acceptors (Lipinski definition) is 22. The smallest absolute Gasteiger partial charge is 0.335 e. The SMILES string of the molecule is C.C.C.C.CC(=O)N1CCC(Nc2cc(C(=O)CC[C@H](O)CCC3Cc4ccccc4C3)ccn2)CC1.CC(=O)N1CCC(Nc2cc(C(=O)O)ccn2)CC1.CC(=O)N1CCC([NH3+])CC1.COC(=O)c1ccnc(Br)c1.COC(=O)c1ccnc(NC2CCN(C(C)=O)CC2)c1.II(I)I.NC[C@H](O)CCC1Cc2ccccc2C1.O=C(O)c1ccnc(Br)c1.[Cl-]. The molecule has 4 amide bonds. The summed E-state index contributed by atoms with van der Waals surface area (Å²) in [7, 11) is 2.35. The molecule has 4 aliphatic heterocycles. The zero-order valence-electron chi connectivity index (χ0n) is 70.2. The van der Waals surface area contributed by atoms with Crippen LogP contribution in [-0.4, -0.2) is 228 Å². The number of nitrogens with zero attached hydrogens (tertiary/aromatic N) is 9. The van der Waals surface area contributed by atoms with E-state index < -0.39 is 18.0 Å². The Morgan fingerprint density at radius 1 is 0.457 bits per heavy atom. The van der Waals surface area contributed by atoms with Crippen LogP contribution in [0.4, 0.5) is 17.5 Å². The number of aliphatic hydroxyl groups is 2. The molecule has 13 rings (SSSR count). The van der Waals surface area contributed by atoms with Crippen molar-refractivity contribution < 1.29 is 91.2 Å². The number of piperidine rings is 4. The van der Waals surface area contributed by atoms with Crippen molar-refractivity contribution >= 4 is 166 Å². The van der Waals surface area contributed by atoms with Crippen LogP contribution in [0.15, 0.2) is 149 Å². The number of methoxy groups -OCH3 is 2. The summed E-state index contributed by atoms with van der Waals surface area (Å²) in [6, 6.07) is 34.5. The van der Waals surface area contributed by atoms with Crippen molar-refractivity contribution in [2.24, 2.45) is 17.6 Å². The number of ketones is 1. The second kappa shape index (κ2) is 63.9. The molecule has 2 atom stereocenters. The minimum absolute atomic E-state index is 0. The van der Waals surface area contributed by atoms with Crippen molar-refractivity contribution in [2.75, 3.05) is 89.1 Å². The molecule has 9 heterocycles. The number of halogens is 7. The predicted octanol–water partition coefficient (Wildman–Crippen LogP) is 13.5. The first-order valence-electron chi connectivity index (χ1n) is 40.6. The molecule has 4 fully saturated rings. The molecular weight excluding hydrogens is 2230 g/mol. The second-order valence-corrected chi connectivity index (χ2v) is 80.6. The zero-order chi connectivity index (χ0) is 89.2. The number of rotatable bonds is 21. The van der Waals surface area contributed by atoms with Crippen LogP contribution < -0.4 is 39.8 Å². The van der Waals surface area contributed by atoms with Crippen LogP contribution >= 0.6 is 95.6 Å². The Balaban J connectivity index is 0.000000760. The number of likely N-dealkylation sites (tertiary alicyclic amines) is 4. The number of nitrogens with two attached hydrogens (primary N) is 1. The second-order valence-electron chi connectivity index (χ2n) is 30.2. The van der Waals surface area contributed by atoms with Gasteiger partial charge in [-0.3, -0.25) is 24.0 Å². The molecule has 36 heteroatoms. The third kappa shape index (κ3) is 45.1. The zero-order valence-corrected chi connectivity index (χ0v) is 82.8. The number of carbonyl (C=O) groups excluding carboxylic acids is 7. The third-order valence-electron chi connectivity index (χ3n) is 21.4. The molecule has 0 radical (unpaired) electrons. The van der Waals surface area contributed by atoms with Crippen LogP contribution in [0.1, 0.15) is 221 Å². The number of aromatic nitrogens is 5. The third-order valence-corrected chi connectivity index (χ3v) is 22.3. The normalized spacial score (nSPS) is 15.1. The number of carboxylic acids is 2. The van der Waals surface area contributed by atoms with Gasteiger partial charge in [-0.1, -0.05) is 78.2 Å². The van der Waals surface area contributed by atoms with Gasteiger partial charge in [0.2, 0.25) is 23.6 Å². The standard InChI is InChI=1S/C27H35N3O3.C14H19N3O3.C13H17N3O3.C13H19NO.C7H6BrNO2.C7H14N2O.C6H4BrNO2.4CH4.ClH.I4/c1-19(31)30-14-11-24(12-15-30)29-27-18-23(10-13-28-27)26(33)9-8-25(32)7-6-20-16-21-4-2-3-5-22(21)17-20;1-10(18)17-7-4-12(5-8-17)16-13-9-11(3-6-15-13)14(19)20-2;1-9(17)16-6-3-11(4-7-16)15-12-8-10(13(18)19)2-5-14-12;14-9-13(15)6-5-10-7-11-3-1-2-4-12(11)8-10;1-11-7(10)5-2-3-9-6(8)4-5;1-6(10)9-4-2-7(8)3-5-9;7-5-3-4(6(9)10)1-2-8-5;;;;;;1-4(2)3/h2-5,10,13,18,20,24-25,32H,6-9,11-12,14-17H2,1H3,(H,28,29);3,6,9,12H,4-5,7-8H2,1-2H3,(H,15,16);2,5,8,11H,3-4,6-7H2,1H3,(H,14,15)(H,18,19);1-4,10,13,15H,5-9,14H2;2-4H,1H3;7H,2-5,8H2,1H3;1-3H,(H,9,10);4*1H4;1H;/t25-;;;13-;;;;;;;;;/m1..1........./s1. The topological polar surface area (TPSA) is 420 Å². The van der Waals surface area contributed by atoms with E-state index in [-0.39, 0.29) is 127 Å². The molecule has 29 nitrogen and oxygen atoms in total. The Labute approximate surface area is 809 Å². The predicted molar refractivity (Wildman–Crippen MR) is 539 cm³/mol. The summed E-state index contributed by atoms with van der Waals surface area (Å²) in [4.78, 5) is 129. The number of esters is 2. The van der Waals surface area contributed by atoms with E-state index >= 15 is 0 Å². The van der Waals surface area contributed by atoms with E-state index in [0.717, 1.165) is 142 Å². The molecule has 4 saturated heterocycles. The Kier molecular flexibility index (Phi) is 59.4. The summed E-state index contributed by atoms with van der Waals surface area (Å²) < 4.78 is 10.3. The van der Waals surface area contributed by atoms with Gasteiger partial charge in [0.25, 0.3) is 0 Å². The molecule has 2 aromatic carbocycles. The van der Waals surface area contributed by atoms with Crippen LogP contribution in [0.2, 0.25) is 0 Å². The number of carbonyl (C=O) groups is 9. The van der Waals surface area contributed by atoms with Crippen molar-refractivity contribution in [1.29, 1.82) is 0 Å². The van der Waals surface area contributed by atoms with Crippen LogP contribution in [0.3, 0.4) is 0 Å². The minimum Gasteiger partial charge on any atom is -1.00 e. The van der Waals surface area contributed by atoms with E-state index in [0.29, 0.717) is 80.6 Å². The molecule has 7 aromatic rings. The van der Waals surface area contributed by atoms with E-state index in [1.165, 1.54) is 92.2 Å². The van der Waals surface area contributed by atoms with Gasteiger partial charge in [0.1, 0.15) is 26.7 Å². The quantitative estimate of drug-likeness (QED) is 0.0140. The molecule has 0 unspecified atom stereocenters. The number of hydrogen-bond donors (Lipinski definition) is 9. The van der Waals surface area contributed by atoms with Gasteiger partial charge in [0.15, 0.2) is 5.78 Å². The number of Topliss-reactive ketones (excluding diaryl/α,β-unsaturated/α-hetero) is 1. The molecule has 0 bridgehead atoms. The first-order chi connectivity index (χ1) is 58.3. The molecule has 6 aliphatic rings. The number of benzene rings is 2.